The molecule has 0 unspecified atom stereocenters. The molecule has 0 heterocycles. The van der Waals surface area contributed by atoms with Crippen molar-refractivity contribution in [3.63, 3.8) is 0 Å². The first-order chi connectivity index (χ1) is 8.73. The fraction of sp³-hybridized carbons (Fsp3) is 1.00. The standard InChI is InChI=1S/C11H23F3N2O2S/c1-3-8-16(10-11(12,13)14)19(17,18)9-6-5-7-15-4-2/h15H,3-10H2,1-2H3. The van der Waals surface area contributed by atoms with Crippen LogP contribution in [0.15, 0.2) is 0 Å². The van der Waals surface area contributed by atoms with Crippen LogP contribution in [-0.4, -0.2) is 50.8 Å². The van der Waals surface area contributed by atoms with Crippen LogP contribution in [-0.2, 0) is 10.0 Å². The number of hydrogen-bond acceptors (Lipinski definition) is 3. The van der Waals surface area contributed by atoms with Gasteiger partial charge in [0.05, 0.1) is 5.75 Å². The Hall–Kier alpha value is -0.340. The number of hydrogen-bond donors (Lipinski definition) is 1. The lowest BCUT2D eigenvalue weighted by Gasteiger charge is -2.22. The van der Waals surface area contributed by atoms with E-state index >= 15 is 0 Å². The Morgan fingerprint density at radius 2 is 1.79 bits per heavy atom. The van der Waals surface area contributed by atoms with Crippen molar-refractivity contribution in [1.82, 2.24) is 9.62 Å². The summed E-state index contributed by atoms with van der Waals surface area (Å²) in [6.45, 7) is 3.58. The van der Waals surface area contributed by atoms with Crippen molar-refractivity contribution >= 4 is 10.0 Å². The molecule has 0 rings (SSSR count). The molecule has 0 aromatic heterocycles. The zero-order chi connectivity index (χ0) is 14.9. The highest BCUT2D eigenvalue weighted by molar-refractivity contribution is 7.89. The summed E-state index contributed by atoms with van der Waals surface area (Å²) in [6, 6.07) is 0. The molecular weight excluding hydrogens is 281 g/mol. The number of halogens is 3. The van der Waals surface area contributed by atoms with Crippen molar-refractivity contribution in [3.05, 3.63) is 0 Å². The number of nitrogens with zero attached hydrogens (tertiary/aromatic N) is 1. The monoisotopic (exact) mass is 304 g/mol. The molecule has 0 aromatic rings. The molecule has 1 N–H and O–H groups in total. The highest BCUT2D eigenvalue weighted by Gasteiger charge is 2.35. The molecule has 0 spiro atoms. The quantitative estimate of drug-likeness (QED) is 0.628. The molecule has 0 aliphatic heterocycles. The summed E-state index contributed by atoms with van der Waals surface area (Å²) >= 11 is 0. The Balaban J connectivity index is 4.37. The van der Waals surface area contributed by atoms with E-state index in [0.29, 0.717) is 30.1 Å². The maximum Gasteiger partial charge on any atom is 0.402 e. The third kappa shape index (κ3) is 9.23. The van der Waals surface area contributed by atoms with Crippen LogP contribution in [0.5, 0.6) is 0 Å². The molecule has 116 valence electrons. The van der Waals surface area contributed by atoms with Crippen molar-refractivity contribution in [2.24, 2.45) is 0 Å². The Morgan fingerprint density at radius 1 is 1.16 bits per heavy atom. The molecule has 19 heavy (non-hydrogen) atoms. The van der Waals surface area contributed by atoms with E-state index in [2.05, 4.69) is 5.32 Å². The predicted molar refractivity (Wildman–Crippen MR) is 69.5 cm³/mol. The topological polar surface area (TPSA) is 49.4 Å². The summed E-state index contributed by atoms with van der Waals surface area (Å²) < 4.78 is 61.2. The molecular formula is C11H23F3N2O2S. The molecule has 0 fully saturated rings. The predicted octanol–water partition coefficient (Wildman–Crippen LogP) is 1.98. The molecule has 4 nitrogen and oxygen atoms in total. The van der Waals surface area contributed by atoms with Gasteiger partial charge in [0, 0.05) is 6.54 Å². The summed E-state index contributed by atoms with van der Waals surface area (Å²) in [5, 5.41) is 3.04. The van der Waals surface area contributed by atoms with E-state index in [1.807, 2.05) is 6.92 Å². The summed E-state index contributed by atoms with van der Waals surface area (Å²) in [7, 11) is -3.82. The van der Waals surface area contributed by atoms with Gasteiger partial charge in [-0.1, -0.05) is 13.8 Å². The summed E-state index contributed by atoms with van der Waals surface area (Å²) in [4.78, 5) is 0. The van der Waals surface area contributed by atoms with Crippen molar-refractivity contribution in [2.45, 2.75) is 39.3 Å². The van der Waals surface area contributed by atoms with Gasteiger partial charge in [-0.3, -0.25) is 0 Å². The van der Waals surface area contributed by atoms with Gasteiger partial charge in [0.1, 0.15) is 6.54 Å². The first kappa shape index (κ1) is 18.7. The van der Waals surface area contributed by atoms with E-state index in [9.17, 15) is 21.6 Å². The van der Waals surface area contributed by atoms with E-state index in [-0.39, 0.29) is 12.3 Å². The van der Waals surface area contributed by atoms with Gasteiger partial charge in [-0.05, 0) is 32.4 Å². The number of alkyl halides is 3. The van der Waals surface area contributed by atoms with E-state index < -0.39 is 22.7 Å². The van der Waals surface area contributed by atoms with Gasteiger partial charge in [0.15, 0.2) is 0 Å². The van der Waals surface area contributed by atoms with Gasteiger partial charge in [-0.25, -0.2) is 8.42 Å². The minimum Gasteiger partial charge on any atom is -0.317 e. The van der Waals surface area contributed by atoms with Crippen LogP contribution in [0.25, 0.3) is 0 Å². The van der Waals surface area contributed by atoms with Gasteiger partial charge in [-0.15, -0.1) is 0 Å². The third-order valence-electron chi connectivity index (χ3n) is 2.48. The first-order valence-corrected chi connectivity index (χ1v) is 8.09. The minimum absolute atomic E-state index is 0.0882. The third-order valence-corrected chi connectivity index (χ3v) is 4.38. The van der Waals surface area contributed by atoms with Crippen LogP contribution in [0.3, 0.4) is 0 Å². The van der Waals surface area contributed by atoms with E-state index in [1.165, 1.54) is 0 Å². The van der Waals surface area contributed by atoms with Gasteiger partial charge in [-0.2, -0.15) is 17.5 Å². The largest absolute Gasteiger partial charge is 0.402 e. The molecule has 0 atom stereocenters. The van der Waals surface area contributed by atoms with E-state index in [4.69, 9.17) is 0 Å². The van der Waals surface area contributed by atoms with Crippen LogP contribution in [0.4, 0.5) is 13.2 Å². The molecule has 0 aromatic carbocycles. The van der Waals surface area contributed by atoms with Crippen LogP contribution in [0.1, 0.15) is 33.1 Å². The van der Waals surface area contributed by atoms with Crippen LogP contribution < -0.4 is 5.32 Å². The summed E-state index contributed by atoms with van der Waals surface area (Å²) in [5.41, 5.74) is 0. The second-order valence-electron chi connectivity index (χ2n) is 4.33. The van der Waals surface area contributed by atoms with Crippen LogP contribution in [0.2, 0.25) is 0 Å². The Labute approximate surface area is 113 Å². The highest BCUT2D eigenvalue weighted by atomic mass is 32.2. The Kier molecular flexibility index (Phi) is 8.60. The Bertz CT molecular complexity index is 331. The first-order valence-electron chi connectivity index (χ1n) is 6.48. The Morgan fingerprint density at radius 3 is 2.26 bits per heavy atom. The van der Waals surface area contributed by atoms with Crippen molar-refractivity contribution in [3.8, 4) is 0 Å². The lowest BCUT2D eigenvalue weighted by Crippen LogP contribution is -2.40. The number of rotatable bonds is 10. The van der Waals surface area contributed by atoms with Gasteiger partial charge >= 0.3 is 6.18 Å². The minimum atomic E-state index is -4.49. The fourth-order valence-corrected chi connectivity index (χ4v) is 3.24. The second kappa shape index (κ2) is 8.76. The molecule has 0 amide bonds. The molecule has 8 heteroatoms. The lowest BCUT2D eigenvalue weighted by atomic mass is 10.3. The van der Waals surface area contributed by atoms with Gasteiger partial charge < -0.3 is 5.32 Å². The second-order valence-corrected chi connectivity index (χ2v) is 6.41. The van der Waals surface area contributed by atoms with Crippen LogP contribution >= 0.6 is 0 Å². The van der Waals surface area contributed by atoms with Crippen molar-refractivity contribution < 1.29 is 21.6 Å². The zero-order valence-electron chi connectivity index (χ0n) is 11.5. The SMILES string of the molecule is CCCN(CC(F)(F)F)S(=O)(=O)CCCCNCC. The van der Waals surface area contributed by atoms with Gasteiger partial charge in [0.2, 0.25) is 10.0 Å². The summed E-state index contributed by atoms with van der Waals surface area (Å²) in [5.74, 6) is -0.228. The molecule has 0 saturated heterocycles. The average Bonchev–Trinajstić information content (AvgIpc) is 2.26. The maximum atomic E-state index is 12.3. The van der Waals surface area contributed by atoms with E-state index in [1.54, 1.807) is 6.92 Å². The normalized spacial score (nSPS) is 13.2. The smallest absolute Gasteiger partial charge is 0.317 e. The maximum absolute atomic E-state index is 12.3. The zero-order valence-corrected chi connectivity index (χ0v) is 12.3. The molecule has 0 aliphatic rings. The van der Waals surface area contributed by atoms with Crippen LogP contribution in [0, 0.1) is 0 Å². The number of unbranched alkanes of at least 4 members (excludes halogenated alkanes) is 1. The summed E-state index contributed by atoms with van der Waals surface area (Å²) in [6.07, 6.45) is -3.12. The lowest BCUT2D eigenvalue weighted by molar-refractivity contribution is -0.136. The van der Waals surface area contributed by atoms with Crippen molar-refractivity contribution in [2.75, 3.05) is 31.9 Å². The average molecular weight is 304 g/mol. The van der Waals surface area contributed by atoms with Crippen molar-refractivity contribution in [1.29, 1.82) is 0 Å². The molecule has 0 radical (unpaired) electrons. The molecule has 0 aliphatic carbocycles. The van der Waals surface area contributed by atoms with E-state index in [0.717, 1.165) is 6.54 Å². The van der Waals surface area contributed by atoms with Gasteiger partial charge in [0.25, 0.3) is 0 Å². The molecule has 0 saturated carbocycles. The fourth-order valence-electron chi connectivity index (χ4n) is 1.61. The number of sulfonamides is 1. The number of nitrogens with one attached hydrogen (secondary N) is 1. The molecule has 0 bridgehead atoms. The highest BCUT2D eigenvalue weighted by Crippen LogP contribution is 2.19.